The first-order valence-corrected chi connectivity index (χ1v) is 7.83. The summed E-state index contributed by atoms with van der Waals surface area (Å²) in [5, 5.41) is 4.37. The van der Waals surface area contributed by atoms with Gasteiger partial charge in [0.1, 0.15) is 12.2 Å². The fourth-order valence-corrected chi connectivity index (χ4v) is 3.61. The number of hydrogen-bond donors (Lipinski definition) is 1. The van der Waals surface area contributed by atoms with Gasteiger partial charge in [0.05, 0.1) is 0 Å². The van der Waals surface area contributed by atoms with E-state index in [2.05, 4.69) is 48.2 Å². The summed E-state index contributed by atoms with van der Waals surface area (Å²) >= 11 is 0. The second-order valence-electron chi connectivity index (χ2n) is 6.39. The molecule has 1 aromatic heterocycles. The van der Waals surface area contributed by atoms with Crippen molar-refractivity contribution in [3.05, 3.63) is 47.5 Å². The molecule has 0 amide bonds. The van der Waals surface area contributed by atoms with Crippen molar-refractivity contribution in [2.24, 2.45) is 5.73 Å². The van der Waals surface area contributed by atoms with E-state index in [4.69, 9.17) is 5.73 Å². The van der Waals surface area contributed by atoms with Gasteiger partial charge in [-0.05, 0) is 44.2 Å². The van der Waals surface area contributed by atoms with Crippen LogP contribution in [-0.2, 0) is 18.3 Å². The maximum absolute atomic E-state index is 6.24. The van der Waals surface area contributed by atoms with E-state index in [0.717, 1.165) is 25.1 Å². The van der Waals surface area contributed by atoms with Crippen LogP contribution < -0.4 is 5.73 Å². The third-order valence-corrected chi connectivity index (χ3v) is 4.71. The summed E-state index contributed by atoms with van der Waals surface area (Å²) in [5.74, 6) is 1.05. The quantitative estimate of drug-likeness (QED) is 0.939. The Morgan fingerprint density at radius 1 is 1.33 bits per heavy atom. The van der Waals surface area contributed by atoms with E-state index < -0.39 is 0 Å². The number of hydrogen-bond acceptors (Lipinski definition) is 3. The molecular formula is C17H24N4. The van der Waals surface area contributed by atoms with Crippen molar-refractivity contribution in [2.75, 3.05) is 6.54 Å². The molecule has 0 saturated carbocycles. The van der Waals surface area contributed by atoms with Gasteiger partial charge < -0.3 is 5.73 Å². The molecule has 4 nitrogen and oxygen atoms in total. The van der Waals surface area contributed by atoms with E-state index in [1.165, 1.54) is 17.5 Å². The predicted molar refractivity (Wildman–Crippen MR) is 84.2 cm³/mol. The van der Waals surface area contributed by atoms with Crippen LogP contribution in [0.15, 0.2) is 30.6 Å². The molecule has 0 aliphatic heterocycles. The SMILES string of the molecule is CC(C)n1ncnc1CC1(CN)CCCc2ccccc21. The first-order valence-electron chi connectivity index (χ1n) is 7.83. The molecule has 0 fully saturated rings. The molecule has 1 atom stereocenters. The van der Waals surface area contributed by atoms with Gasteiger partial charge in [-0.1, -0.05) is 24.3 Å². The fourth-order valence-electron chi connectivity index (χ4n) is 3.61. The average molecular weight is 284 g/mol. The number of fused-ring (bicyclic) bond motifs is 1. The first-order chi connectivity index (χ1) is 10.2. The summed E-state index contributed by atoms with van der Waals surface area (Å²) in [7, 11) is 0. The minimum Gasteiger partial charge on any atom is -0.330 e. The Morgan fingerprint density at radius 3 is 2.90 bits per heavy atom. The number of benzene rings is 1. The standard InChI is InChI=1S/C17H24N4/c1-13(2)21-16(19-12-20-21)10-17(11-18)9-5-7-14-6-3-4-8-15(14)17/h3-4,6,8,12-13H,5,7,9-11,18H2,1-2H3. The van der Waals surface area contributed by atoms with Crippen molar-refractivity contribution in [1.29, 1.82) is 0 Å². The van der Waals surface area contributed by atoms with Gasteiger partial charge in [-0.3, -0.25) is 0 Å². The van der Waals surface area contributed by atoms with Crippen LogP contribution in [0.25, 0.3) is 0 Å². The van der Waals surface area contributed by atoms with E-state index in [0.29, 0.717) is 12.6 Å². The molecule has 0 radical (unpaired) electrons. The lowest BCUT2D eigenvalue weighted by Crippen LogP contribution is -2.41. The lowest BCUT2D eigenvalue weighted by atomic mass is 9.68. The topological polar surface area (TPSA) is 56.7 Å². The normalized spacial score (nSPS) is 21.5. The van der Waals surface area contributed by atoms with Gasteiger partial charge in [-0.2, -0.15) is 5.10 Å². The molecule has 1 aliphatic rings. The van der Waals surface area contributed by atoms with Gasteiger partial charge in [0.2, 0.25) is 0 Å². The van der Waals surface area contributed by atoms with Gasteiger partial charge in [-0.25, -0.2) is 9.67 Å². The highest BCUT2D eigenvalue weighted by Gasteiger charge is 2.36. The molecule has 112 valence electrons. The summed E-state index contributed by atoms with van der Waals surface area (Å²) in [4.78, 5) is 4.49. The molecular weight excluding hydrogens is 260 g/mol. The molecule has 21 heavy (non-hydrogen) atoms. The summed E-state index contributed by atoms with van der Waals surface area (Å²) in [5.41, 5.74) is 9.11. The molecule has 1 aromatic carbocycles. The largest absolute Gasteiger partial charge is 0.330 e. The minimum atomic E-state index is 0.00845. The van der Waals surface area contributed by atoms with Gasteiger partial charge in [0.15, 0.2) is 0 Å². The smallest absolute Gasteiger partial charge is 0.138 e. The van der Waals surface area contributed by atoms with Crippen LogP contribution in [0.1, 0.15) is 49.7 Å². The Hall–Kier alpha value is -1.68. The van der Waals surface area contributed by atoms with Crippen molar-refractivity contribution in [3.8, 4) is 0 Å². The van der Waals surface area contributed by atoms with Crippen molar-refractivity contribution in [3.63, 3.8) is 0 Å². The maximum atomic E-state index is 6.24. The number of nitrogens with two attached hydrogens (primary N) is 1. The second-order valence-corrected chi connectivity index (χ2v) is 6.39. The molecule has 2 N–H and O–H groups in total. The Balaban J connectivity index is 2.00. The molecule has 1 aliphatic carbocycles. The number of aromatic nitrogens is 3. The van der Waals surface area contributed by atoms with Gasteiger partial charge in [0.25, 0.3) is 0 Å². The second kappa shape index (κ2) is 5.60. The van der Waals surface area contributed by atoms with Crippen molar-refractivity contribution >= 4 is 0 Å². The first kappa shape index (κ1) is 14.3. The predicted octanol–water partition coefficient (Wildman–Crippen LogP) is 2.63. The van der Waals surface area contributed by atoms with Crippen LogP contribution in [0.5, 0.6) is 0 Å². The Morgan fingerprint density at radius 2 is 2.14 bits per heavy atom. The Kier molecular flexibility index (Phi) is 3.81. The molecule has 3 rings (SSSR count). The molecule has 1 unspecified atom stereocenters. The highest BCUT2D eigenvalue weighted by molar-refractivity contribution is 5.38. The zero-order chi connectivity index (χ0) is 14.9. The van der Waals surface area contributed by atoms with Crippen molar-refractivity contribution in [2.45, 2.75) is 51.0 Å². The van der Waals surface area contributed by atoms with Gasteiger partial charge in [-0.15, -0.1) is 0 Å². The minimum absolute atomic E-state index is 0.00845. The molecule has 4 heteroatoms. The number of aryl methyl sites for hydroxylation is 1. The Bertz CT molecular complexity index is 617. The molecule has 0 spiro atoms. The van der Waals surface area contributed by atoms with E-state index in [-0.39, 0.29) is 5.41 Å². The van der Waals surface area contributed by atoms with Crippen LogP contribution in [-0.4, -0.2) is 21.3 Å². The maximum Gasteiger partial charge on any atom is 0.138 e. The average Bonchev–Trinajstić information content (AvgIpc) is 2.96. The van der Waals surface area contributed by atoms with E-state index in [9.17, 15) is 0 Å². The fraction of sp³-hybridized carbons (Fsp3) is 0.529. The van der Waals surface area contributed by atoms with Crippen LogP contribution >= 0.6 is 0 Å². The van der Waals surface area contributed by atoms with Gasteiger partial charge >= 0.3 is 0 Å². The lowest BCUT2D eigenvalue weighted by molar-refractivity contribution is 0.346. The zero-order valence-corrected chi connectivity index (χ0v) is 12.9. The highest BCUT2D eigenvalue weighted by Crippen LogP contribution is 2.39. The molecule has 0 saturated heterocycles. The van der Waals surface area contributed by atoms with E-state index >= 15 is 0 Å². The molecule has 1 heterocycles. The highest BCUT2D eigenvalue weighted by atomic mass is 15.3. The Labute approximate surface area is 126 Å². The van der Waals surface area contributed by atoms with Crippen LogP contribution in [0, 0.1) is 0 Å². The third-order valence-electron chi connectivity index (χ3n) is 4.71. The van der Waals surface area contributed by atoms with Crippen molar-refractivity contribution < 1.29 is 0 Å². The third kappa shape index (κ3) is 2.48. The van der Waals surface area contributed by atoms with Gasteiger partial charge in [0, 0.05) is 24.4 Å². The molecule has 0 bridgehead atoms. The summed E-state index contributed by atoms with van der Waals surface area (Å²) in [6.07, 6.45) is 6.03. The summed E-state index contributed by atoms with van der Waals surface area (Å²) < 4.78 is 2.02. The molecule has 2 aromatic rings. The number of nitrogens with zero attached hydrogens (tertiary/aromatic N) is 3. The van der Waals surface area contributed by atoms with Crippen molar-refractivity contribution in [1.82, 2.24) is 14.8 Å². The van der Waals surface area contributed by atoms with E-state index in [1.54, 1.807) is 6.33 Å². The number of rotatable bonds is 4. The summed E-state index contributed by atoms with van der Waals surface area (Å²) in [6.45, 7) is 4.94. The van der Waals surface area contributed by atoms with Crippen LogP contribution in [0.2, 0.25) is 0 Å². The lowest BCUT2D eigenvalue weighted by Gasteiger charge is -2.38. The van der Waals surface area contributed by atoms with Crippen LogP contribution in [0.4, 0.5) is 0 Å². The summed E-state index contributed by atoms with van der Waals surface area (Å²) in [6, 6.07) is 9.07. The monoisotopic (exact) mass is 284 g/mol. The van der Waals surface area contributed by atoms with Crippen LogP contribution in [0.3, 0.4) is 0 Å². The van der Waals surface area contributed by atoms with E-state index in [1.807, 2.05) is 4.68 Å². The zero-order valence-electron chi connectivity index (χ0n) is 12.9.